The maximum atomic E-state index is 13.7. The molecule has 1 amide bonds. The van der Waals surface area contributed by atoms with Crippen LogP contribution in [0.15, 0.2) is 65.0 Å². The number of sulfonamides is 1. The van der Waals surface area contributed by atoms with Crippen LogP contribution in [0.3, 0.4) is 0 Å². The lowest BCUT2D eigenvalue weighted by Crippen LogP contribution is -2.55. The molecule has 4 aromatic rings. The smallest absolute Gasteiger partial charge is 0.257 e. The van der Waals surface area contributed by atoms with Crippen molar-refractivity contribution in [1.29, 1.82) is 0 Å². The molecule has 40 heavy (non-hydrogen) atoms. The number of carbonyl (C=O) groups excluding carboxylic acids is 1. The summed E-state index contributed by atoms with van der Waals surface area (Å²) >= 11 is 1.44. The van der Waals surface area contributed by atoms with Gasteiger partial charge in [-0.1, -0.05) is 13.8 Å². The summed E-state index contributed by atoms with van der Waals surface area (Å²) in [4.78, 5) is 20.2. The summed E-state index contributed by atoms with van der Waals surface area (Å²) < 4.78 is 48.0. The van der Waals surface area contributed by atoms with Crippen molar-refractivity contribution < 1.29 is 22.3 Å². The summed E-state index contributed by atoms with van der Waals surface area (Å²) in [5, 5.41) is 7.14. The van der Waals surface area contributed by atoms with E-state index in [4.69, 9.17) is 9.72 Å². The number of nitrogens with zero attached hydrogens (tertiary/aromatic N) is 5. The summed E-state index contributed by atoms with van der Waals surface area (Å²) in [7, 11) is -2.20. The molecule has 5 rings (SSSR count). The Kier molecular flexibility index (Phi) is 7.76. The summed E-state index contributed by atoms with van der Waals surface area (Å²) in [6, 6.07) is 12.0. The van der Waals surface area contributed by atoms with E-state index in [1.165, 1.54) is 27.8 Å². The lowest BCUT2D eigenvalue weighted by atomic mass is 10.0. The molecule has 1 fully saturated rings. The van der Waals surface area contributed by atoms with Gasteiger partial charge in [-0.05, 0) is 61.4 Å². The number of benzene rings is 2. The van der Waals surface area contributed by atoms with Gasteiger partial charge in [0.15, 0.2) is 0 Å². The fourth-order valence-corrected chi connectivity index (χ4v) is 7.30. The van der Waals surface area contributed by atoms with Gasteiger partial charge >= 0.3 is 0 Å². The maximum absolute atomic E-state index is 13.7. The second-order valence-electron chi connectivity index (χ2n) is 9.92. The zero-order valence-electron chi connectivity index (χ0n) is 22.6. The third kappa shape index (κ3) is 5.26. The van der Waals surface area contributed by atoms with Crippen LogP contribution >= 0.6 is 11.3 Å². The van der Waals surface area contributed by atoms with Gasteiger partial charge in [0, 0.05) is 36.6 Å². The number of hydrogen-bond donors (Lipinski definition) is 0. The fraction of sp³-hybridized carbons (Fsp3) is 0.321. The van der Waals surface area contributed by atoms with Crippen LogP contribution in [-0.4, -0.2) is 71.1 Å². The fourth-order valence-electron chi connectivity index (χ4n) is 4.88. The van der Waals surface area contributed by atoms with Gasteiger partial charge in [0.2, 0.25) is 15.2 Å². The zero-order valence-corrected chi connectivity index (χ0v) is 24.2. The largest absolute Gasteiger partial charge is 0.497 e. The van der Waals surface area contributed by atoms with Crippen LogP contribution in [0.25, 0.3) is 16.4 Å². The van der Waals surface area contributed by atoms with E-state index in [0.29, 0.717) is 10.7 Å². The predicted molar refractivity (Wildman–Crippen MR) is 151 cm³/mol. The first kappa shape index (κ1) is 27.9. The van der Waals surface area contributed by atoms with Gasteiger partial charge in [-0.2, -0.15) is 9.40 Å². The Morgan fingerprint density at radius 3 is 2.42 bits per heavy atom. The molecule has 0 aliphatic carbocycles. The van der Waals surface area contributed by atoms with E-state index in [2.05, 4.69) is 5.10 Å². The molecule has 0 N–H and O–H groups in total. The molecular formula is C28H30FN5O4S2. The van der Waals surface area contributed by atoms with E-state index in [1.54, 1.807) is 29.8 Å². The second kappa shape index (κ2) is 11.1. The van der Waals surface area contributed by atoms with Gasteiger partial charge < -0.3 is 9.64 Å². The molecule has 1 aliphatic heterocycles. The Bertz CT molecular complexity index is 1620. The standard InChI is InChI=1S/C28H30FN5O4S2/c1-18(2)26-24(15-30-34(26)28-31-25(17-39-28)20-5-9-22(38-4)10-6-20)27(35)32-13-14-33(19(3)16-32)40(36,37)23-11-7-21(29)8-12-23/h5-12,15,17-19H,13-14,16H2,1-4H3. The van der Waals surface area contributed by atoms with Gasteiger partial charge in [0.1, 0.15) is 11.6 Å². The SMILES string of the molecule is COc1ccc(-c2csc(-n3ncc(C(=O)N4CCN(S(=O)(=O)c5ccc(F)cc5)C(C)C4)c3C(C)C)n2)cc1. The molecule has 1 saturated heterocycles. The highest BCUT2D eigenvalue weighted by Gasteiger charge is 2.36. The number of carbonyl (C=O) groups is 1. The topological polar surface area (TPSA) is 97.6 Å². The van der Waals surface area contributed by atoms with Gasteiger partial charge in [-0.25, -0.2) is 22.5 Å². The van der Waals surface area contributed by atoms with Crippen LogP contribution < -0.4 is 4.74 Å². The summed E-state index contributed by atoms with van der Waals surface area (Å²) in [5.41, 5.74) is 2.96. The highest BCUT2D eigenvalue weighted by Crippen LogP contribution is 2.30. The first-order valence-corrected chi connectivity index (χ1v) is 15.2. The molecule has 0 bridgehead atoms. The van der Waals surface area contributed by atoms with E-state index >= 15 is 0 Å². The molecular weight excluding hydrogens is 553 g/mol. The normalized spacial score (nSPS) is 16.4. The highest BCUT2D eigenvalue weighted by atomic mass is 32.2. The third-order valence-corrected chi connectivity index (χ3v) is 9.76. The Labute approximate surface area is 236 Å². The van der Waals surface area contributed by atoms with Gasteiger partial charge in [-0.15, -0.1) is 11.3 Å². The lowest BCUT2D eigenvalue weighted by molar-refractivity contribution is 0.0640. The quantitative estimate of drug-likeness (QED) is 0.310. The van der Waals surface area contributed by atoms with E-state index in [1.807, 2.05) is 43.5 Å². The molecule has 9 nitrogen and oxygen atoms in total. The number of hydrogen-bond acceptors (Lipinski definition) is 7. The molecule has 1 atom stereocenters. The van der Waals surface area contributed by atoms with Crippen LogP contribution in [-0.2, 0) is 10.0 Å². The Morgan fingerprint density at radius 1 is 1.10 bits per heavy atom. The molecule has 3 heterocycles. The zero-order chi connectivity index (χ0) is 28.6. The Hall–Kier alpha value is -3.61. The van der Waals surface area contributed by atoms with Gasteiger partial charge in [0.25, 0.3) is 5.91 Å². The van der Waals surface area contributed by atoms with Gasteiger partial charge in [-0.3, -0.25) is 4.79 Å². The van der Waals surface area contributed by atoms with Crippen LogP contribution in [0, 0.1) is 5.82 Å². The first-order chi connectivity index (χ1) is 19.1. The van der Waals surface area contributed by atoms with Crippen molar-refractivity contribution in [2.45, 2.75) is 37.6 Å². The number of halogens is 1. The second-order valence-corrected chi connectivity index (χ2v) is 12.7. The number of amides is 1. The predicted octanol–water partition coefficient (Wildman–Crippen LogP) is 4.80. The number of ether oxygens (including phenoxy) is 1. The van der Waals surface area contributed by atoms with Crippen LogP contribution in [0.4, 0.5) is 4.39 Å². The number of methoxy groups -OCH3 is 1. The number of piperazine rings is 1. The van der Waals surface area contributed by atoms with Crippen molar-refractivity contribution >= 4 is 27.3 Å². The van der Waals surface area contributed by atoms with Crippen LogP contribution in [0.5, 0.6) is 5.75 Å². The number of aromatic nitrogens is 3. The van der Waals surface area contributed by atoms with Crippen molar-refractivity contribution in [3.8, 4) is 22.1 Å². The number of rotatable bonds is 7. The van der Waals surface area contributed by atoms with Crippen molar-refractivity contribution in [1.82, 2.24) is 24.0 Å². The van der Waals surface area contributed by atoms with Crippen molar-refractivity contribution in [3.63, 3.8) is 0 Å². The minimum absolute atomic E-state index is 0.0210. The average Bonchev–Trinajstić information content (AvgIpc) is 3.61. The molecule has 1 aliphatic rings. The molecule has 0 spiro atoms. The minimum Gasteiger partial charge on any atom is -0.497 e. The van der Waals surface area contributed by atoms with Crippen molar-refractivity contribution in [2.75, 3.05) is 26.7 Å². The van der Waals surface area contributed by atoms with Gasteiger partial charge in [0.05, 0.1) is 35.2 Å². The first-order valence-electron chi connectivity index (χ1n) is 12.8. The summed E-state index contributed by atoms with van der Waals surface area (Å²) in [5.74, 6) is 0.0401. The van der Waals surface area contributed by atoms with E-state index in [-0.39, 0.29) is 36.4 Å². The third-order valence-electron chi connectivity index (χ3n) is 6.92. The molecule has 2 aromatic heterocycles. The lowest BCUT2D eigenvalue weighted by Gasteiger charge is -2.39. The van der Waals surface area contributed by atoms with E-state index in [0.717, 1.165) is 34.8 Å². The molecule has 210 valence electrons. The molecule has 2 aromatic carbocycles. The molecule has 12 heteroatoms. The molecule has 1 unspecified atom stereocenters. The van der Waals surface area contributed by atoms with E-state index < -0.39 is 21.9 Å². The average molecular weight is 584 g/mol. The molecule has 0 radical (unpaired) electrons. The van der Waals surface area contributed by atoms with Crippen LogP contribution in [0.2, 0.25) is 0 Å². The van der Waals surface area contributed by atoms with Crippen molar-refractivity contribution in [3.05, 3.63) is 77.2 Å². The maximum Gasteiger partial charge on any atom is 0.257 e. The number of thiazole rings is 1. The Morgan fingerprint density at radius 2 is 1.80 bits per heavy atom. The Balaban J connectivity index is 1.36. The monoisotopic (exact) mass is 583 g/mol. The van der Waals surface area contributed by atoms with Crippen molar-refractivity contribution in [2.24, 2.45) is 0 Å². The minimum atomic E-state index is -3.82. The highest BCUT2D eigenvalue weighted by molar-refractivity contribution is 7.89. The summed E-state index contributed by atoms with van der Waals surface area (Å²) in [6.45, 7) is 6.35. The molecule has 0 saturated carbocycles. The van der Waals surface area contributed by atoms with Crippen LogP contribution in [0.1, 0.15) is 42.7 Å². The summed E-state index contributed by atoms with van der Waals surface area (Å²) in [6.07, 6.45) is 1.57. The van der Waals surface area contributed by atoms with E-state index in [9.17, 15) is 17.6 Å².